The number of hydrogen-bond acceptors (Lipinski definition) is 2. The molecule has 0 saturated heterocycles. The lowest BCUT2D eigenvalue weighted by Gasteiger charge is -1.93. The first-order chi connectivity index (χ1) is 6.59. The van der Waals surface area contributed by atoms with Gasteiger partial charge in [-0.15, -0.1) is 0 Å². The summed E-state index contributed by atoms with van der Waals surface area (Å²) in [6, 6.07) is 5.62. The van der Waals surface area contributed by atoms with E-state index in [9.17, 15) is 4.79 Å². The third kappa shape index (κ3) is 1.29. The number of primary amides is 1. The summed E-state index contributed by atoms with van der Waals surface area (Å²) in [4.78, 5) is 11.1. The van der Waals surface area contributed by atoms with Crippen molar-refractivity contribution < 1.29 is 4.79 Å². The van der Waals surface area contributed by atoms with Gasteiger partial charge in [0.25, 0.3) is 5.91 Å². The van der Waals surface area contributed by atoms with E-state index in [0.29, 0.717) is 5.69 Å². The number of amides is 1. The van der Waals surface area contributed by atoms with Crippen molar-refractivity contribution in [1.29, 1.82) is 0 Å². The molecule has 0 aliphatic heterocycles. The molecule has 72 valence electrons. The maximum absolute atomic E-state index is 11.1. The molecule has 0 spiro atoms. The Morgan fingerprint density at radius 1 is 1.57 bits per heavy atom. The van der Waals surface area contributed by atoms with Crippen molar-refractivity contribution in [2.24, 2.45) is 12.8 Å². The van der Waals surface area contributed by atoms with Crippen molar-refractivity contribution in [3.05, 3.63) is 28.4 Å². The fraction of sp³-hybridized carbons (Fsp3) is 0.111. The summed E-state index contributed by atoms with van der Waals surface area (Å²) in [5, 5.41) is 4.82. The molecular weight excluding hydrogens is 246 g/mol. The van der Waals surface area contributed by atoms with Crippen LogP contribution in [0.1, 0.15) is 10.5 Å². The smallest absolute Gasteiger partial charge is 0.269 e. The number of rotatable bonds is 1. The third-order valence-corrected chi connectivity index (χ3v) is 2.54. The Bertz CT molecular complexity index is 518. The lowest BCUT2D eigenvalue weighted by atomic mass is 10.2. The van der Waals surface area contributed by atoms with Gasteiger partial charge >= 0.3 is 0 Å². The molecule has 1 aromatic heterocycles. The monoisotopic (exact) mass is 253 g/mol. The van der Waals surface area contributed by atoms with Crippen LogP contribution in [0.15, 0.2) is 22.7 Å². The lowest BCUT2D eigenvalue weighted by Crippen LogP contribution is -2.12. The van der Waals surface area contributed by atoms with E-state index in [2.05, 4.69) is 21.0 Å². The number of carbonyl (C=O) groups excluding carboxylic acids is 1. The Morgan fingerprint density at radius 2 is 2.29 bits per heavy atom. The van der Waals surface area contributed by atoms with E-state index in [0.717, 1.165) is 15.4 Å². The topological polar surface area (TPSA) is 60.9 Å². The average Bonchev–Trinajstić information content (AvgIpc) is 2.43. The minimum atomic E-state index is -0.506. The summed E-state index contributed by atoms with van der Waals surface area (Å²) in [5.41, 5.74) is 6.41. The maximum Gasteiger partial charge on any atom is 0.269 e. The fourth-order valence-corrected chi connectivity index (χ4v) is 1.78. The Balaban J connectivity index is 2.85. The molecule has 4 nitrogen and oxygen atoms in total. The van der Waals surface area contributed by atoms with Crippen LogP contribution in [-0.2, 0) is 7.05 Å². The Kier molecular flexibility index (Phi) is 2.03. The number of nitrogens with two attached hydrogens (primary N) is 1. The molecule has 2 N–H and O–H groups in total. The summed E-state index contributed by atoms with van der Waals surface area (Å²) >= 11 is 3.34. The maximum atomic E-state index is 11.1. The molecule has 1 amide bonds. The molecule has 5 heteroatoms. The van der Waals surface area contributed by atoms with Crippen LogP contribution in [0.25, 0.3) is 10.9 Å². The standard InChI is InChI=1S/C9H8BrN3O/c1-13-7-3-2-5(10)4-6(7)8(12-13)9(11)14/h2-4H,1H3,(H2,11,14). The average molecular weight is 254 g/mol. The quantitative estimate of drug-likeness (QED) is 0.836. The van der Waals surface area contributed by atoms with Crippen LogP contribution in [0.3, 0.4) is 0 Å². The van der Waals surface area contributed by atoms with Crippen molar-refractivity contribution >= 4 is 32.7 Å². The molecule has 2 aromatic rings. The van der Waals surface area contributed by atoms with Crippen molar-refractivity contribution in [2.45, 2.75) is 0 Å². The number of fused-ring (bicyclic) bond motifs is 1. The van der Waals surface area contributed by atoms with E-state index in [1.165, 1.54) is 0 Å². The highest BCUT2D eigenvalue weighted by atomic mass is 79.9. The van der Waals surface area contributed by atoms with Gasteiger partial charge in [-0.3, -0.25) is 9.48 Å². The van der Waals surface area contributed by atoms with E-state index in [1.54, 1.807) is 11.7 Å². The summed E-state index contributed by atoms with van der Waals surface area (Å²) in [5.74, 6) is -0.506. The minimum absolute atomic E-state index is 0.309. The second-order valence-electron chi connectivity index (χ2n) is 3.00. The van der Waals surface area contributed by atoms with Gasteiger partial charge in [-0.25, -0.2) is 0 Å². The van der Waals surface area contributed by atoms with Crippen LogP contribution < -0.4 is 5.73 Å². The van der Waals surface area contributed by atoms with E-state index in [4.69, 9.17) is 5.73 Å². The zero-order chi connectivity index (χ0) is 10.3. The number of carbonyl (C=O) groups is 1. The summed E-state index contributed by atoms with van der Waals surface area (Å²) in [7, 11) is 1.78. The number of halogens is 1. The molecule has 0 saturated carbocycles. The van der Waals surface area contributed by atoms with Gasteiger partial charge in [-0.1, -0.05) is 15.9 Å². The zero-order valence-electron chi connectivity index (χ0n) is 7.49. The number of benzene rings is 1. The Hall–Kier alpha value is -1.36. The van der Waals surface area contributed by atoms with Gasteiger partial charge in [-0.2, -0.15) is 5.10 Å². The van der Waals surface area contributed by atoms with Crippen LogP contribution in [0.4, 0.5) is 0 Å². The number of aryl methyl sites for hydroxylation is 1. The Labute approximate surface area is 88.8 Å². The largest absolute Gasteiger partial charge is 0.364 e. The predicted molar refractivity (Wildman–Crippen MR) is 56.9 cm³/mol. The Morgan fingerprint density at radius 3 is 2.93 bits per heavy atom. The summed E-state index contributed by atoms with van der Waals surface area (Å²) < 4.78 is 2.54. The SMILES string of the molecule is Cn1nc(C(N)=O)c2cc(Br)ccc21. The number of aromatic nitrogens is 2. The highest BCUT2D eigenvalue weighted by molar-refractivity contribution is 9.10. The molecule has 0 atom stereocenters. The molecule has 1 heterocycles. The van der Waals surface area contributed by atoms with E-state index < -0.39 is 5.91 Å². The normalized spacial score (nSPS) is 10.7. The highest BCUT2D eigenvalue weighted by Gasteiger charge is 2.12. The highest BCUT2D eigenvalue weighted by Crippen LogP contribution is 2.22. The fourth-order valence-electron chi connectivity index (χ4n) is 1.42. The van der Waals surface area contributed by atoms with Gasteiger partial charge in [0.15, 0.2) is 5.69 Å². The van der Waals surface area contributed by atoms with Crippen molar-refractivity contribution in [3.8, 4) is 0 Å². The molecule has 2 rings (SSSR count). The molecule has 0 radical (unpaired) electrons. The second-order valence-corrected chi connectivity index (χ2v) is 3.91. The van der Waals surface area contributed by atoms with Gasteiger partial charge in [0.05, 0.1) is 5.52 Å². The van der Waals surface area contributed by atoms with Gasteiger partial charge in [0.2, 0.25) is 0 Å². The first-order valence-corrected chi connectivity index (χ1v) is 4.81. The minimum Gasteiger partial charge on any atom is -0.364 e. The molecule has 0 unspecified atom stereocenters. The van der Waals surface area contributed by atoms with Crippen molar-refractivity contribution in [3.63, 3.8) is 0 Å². The predicted octanol–water partition coefficient (Wildman–Crippen LogP) is 1.43. The summed E-state index contributed by atoms with van der Waals surface area (Å²) in [6.45, 7) is 0. The summed E-state index contributed by atoms with van der Waals surface area (Å²) in [6.07, 6.45) is 0. The van der Waals surface area contributed by atoms with Crippen molar-refractivity contribution in [2.75, 3.05) is 0 Å². The van der Waals surface area contributed by atoms with Crippen LogP contribution in [0, 0.1) is 0 Å². The molecule has 0 aliphatic rings. The van der Waals surface area contributed by atoms with Crippen LogP contribution >= 0.6 is 15.9 Å². The van der Waals surface area contributed by atoms with E-state index in [-0.39, 0.29) is 0 Å². The molecule has 1 aromatic carbocycles. The lowest BCUT2D eigenvalue weighted by molar-refractivity contribution is 0.0996. The second kappa shape index (κ2) is 3.09. The molecule has 14 heavy (non-hydrogen) atoms. The number of hydrogen-bond donors (Lipinski definition) is 1. The van der Waals surface area contributed by atoms with E-state index >= 15 is 0 Å². The van der Waals surface area contributed by atoms with Gasteiger partial charge in [0.1, 0.15) is 0 Å². The molecule has 0 aliphatic carbocycles. The molecular formula is C9H8BrN3O. The molecule has 0 fully saturated rings. The first kappa shape index (κ1) is 9.21. The van der Waals surface area contributed by atoms with Crippen LogP contribution in [0.2, 0.25) is 0 Å². The molecule has 0 bridgehead atoms. The van der Waals surface area contributed by atoms with E-state index in [1.807, 2.05) is 18.2 Å². The van der Waals surface area contributed by atoms with Crippen LogP contribution in [0.5, 0.6) is 0 Å². The number of nitrogens with zero attached hydrogens (tertiary/aromatic N) is 2. The zero-order valence-corrected chi connectivity index (χ0v) is 9.08. The van der Waals surface area contributed by atoms with Crippen molar-refractivity contribution in [1.82, 2.24) is 9.78 Å². The van der Waals surface area contributed by atoms with Gasteiger partial charge in [-0.05, 0) is 18.2 Å². The van der Waals surface area contributed by atoms with Gasteiger partial charge in [0, 0.05) is 16.9 Å². The van der Waals surface area contributed by atoms with Gasteiger partial charge < -0.3 is 5.73 Å². The third-order valence-electron chi connectivity index (χ3n) is 2.05. The van der Waals surface area contributed by atoms with Crippen LogP contribution in [-0.4, -0.2) is 15.7 Å². The first-order valence-electron chi connectivity index (χ1n) is 4.01.